The predicted molar refractivity (Wildman–Crippen MR) is 95.9 cm³/mol. The molecule has 2 unspecified atom stereocenters. The Morgan fingerprint density at radius 1 is 1.22 bits per heavy atom. The smallest absolute Gasteiger partial charge is 0.131 e. The molecule has 0 aromatic heterocycles. The average molecular weight is 314 g/mol. The molecule has 0 radical (unpaired) electrons. The number of phenolic OH excluding ortho intramolecular Hbond substituents is 1. The summed E-state index contributed by atoms with van der Waals surface area (Å²) in [5, 5.41) is 10.7. The van der Waals surface area contributed by atoms with Gasteiger partial charge >= 0.3 is 0 Å². The fraction of sp³-hybridized carbons (Fsp3) is 0.619. The summed E-state index contributed by atoms with van der Waals surface area (Å²) in [7, 11) is 0. The molecule has 23 heavy (non-hydrogen) atoms. The number of rotatable bonds is 4. The van der Waals surface area contributed by atoms with E-state index in [0.717, 1.165) is 24.2 Å². The Morgan fingerprint density at radius 2 is 2.00 bits per heavy atom. The molecule has 1 aromatic carbocycles. The summed E-state index contributed by atoms with van der Waals surface area (Å²) in [6.07, 6.45) is 9.32. The van der Waals surface area contributed by atoms with E-state index >= 15 is 0 Å². The van der Waals surface area contributed by atoms with Crippen molar-refractivity contribution in [3.63, 3.8) is 0 Å². The van der Waals surface area contributed by atoms with Crippen molar-refractivity contribution in [2.24, 2.45) is 11.8 Å². The Hall–Kier alpha value is -1.44. The SMILES string of the molecule is CCCCCc1cc(O)c2c(c1)OC(C)(C)C1CCC(C)C=C21. The van der Waals surface area contributed by atoms with Crippen LogP contribution in [-0.4, -0.2) is 10.7 Å². The first-order valence-electron chi connectivity index (χ1n) is 9.19. The first-order valence-corrected chi connectivity index (χ1v) is 9.19. The lowest BCUT2D eigenvalue weighted by molar-refractivity contribution is 0.0510. The van der Waals surface area contributed by atoms with Crippen LogP contribution >= 0.6 is 0 Å². The second-order valence-electron chi connectivity index (χ2n) is 7.88. The van der Waals surface area contributed by atoms with Crippen molar-refractivity contribution >= 4 is 5.57 Å². The summed E-state index contributed by atoms with van der Waals surface area (Å²) in [4.78, 5) is 0. The zero-order valence-corrected chi connectivity index (χ0v) is 15.0. The Labute approximate surface area is 140 Å². The first kappa shape index (κ1) is 16.4. The molecular weight excluding hydrogens is 284 g/mol. The third kappa shape index (κ3) is 3.13. The normalized spacial score (nSPS) is 25.1. The minimum absolute atomic E-state index is 0.201. The van der Waals surface area contributed by atoms with Crippen molar-refractivity contribution in [1.82, 2.24) is 0 Å². The van der Waals surface area contributed by atoms with Gasteiger partial charge in [-0.3, -0.25) is 0 Å². The molecule has 1 N–H and O–H groups in total. The molecule has 1 aliphatic heterocycles. The van der Waals surface area contributed by atoms with Crippen molar-refractivity contribution in [3.05, 3.63) is 29.3 Å². The number of unbranched alkanes of at least 4 members (excludes halogenated alkanes) is 2. The van der Waals surface area contributed by atoms with Crippen molar-refractivity contribution in [2.75, 3.05) is 0 Å². The van der Waals surface area contributed by atoms with Gasteiger partial charge in [-0.25, -0.2) is 0 Å². The summed E-state index contributed by atoms with van der Waals surface area (Å²) < 4.78 is 6.35. The van der Waals surface area contributed by atoms with Crippen LogP contribution in [0.4, 0.5) is 0 Å². The lowest BCUT2D eigenvalue weighted by Gasteiger charge is -2.44. The lowest BCUT2D eigenvalue weighted by Crippen LogP contribution is -2.42. The highest BCUT2D eigenvalue weighted by Crippen LogP contribution is 2.52. The minimum atomic E-state index is -0.201. The largest absolute Gasteiger partial charge is 0.507 e. The standard InChI is InChI=1S/C21H30O2/c1-5-6-7-8-15-12-18(22)20-16-11-14(2)9-10-17(16)21(3,4)23-19(20)13-15/h11-14,17,22H,5-10H2,1-4H3. The monoisotopic (exact) mass is 314 g/mol. The summed E-state index contributed by atoms with van der Waals surface area (Å²) in [5.41, 5.74) is 3.23. The molecule has 3 rings (SSSR count). The number of hydrogen-bond donors (Lipinski definition) is 1. The molecule has 2 nitrogen and oxygen atoms in total. The molecule has 2 heteroatoms. The van der Waals surface area contributed by atoms with Crippen molar-refractivity contribution in [2.45, 2.75) is 71.8 Å². The van der Waals surface area contributed by atoms with Gasteiger partial charge in [0.25, 0.3) is 0 Å². The number of benzene rings is 1. The van der Waals surface area contributed by atoms with Crippen LogP contribution in [-0.2, 0) is 6.42 Å². The number of aryl methyl sites for hydroxylation is 1. The number of fused-ring (bicyclic) bond motifs is 3. The second kappa shape index (κ2) is 6.22. The van der Waals surface area contributed by atoms with Crippen LogP contribution in [0.25, 0.3) is 5.57 Å². The minimum Gasteiger partial charge on any atom is -0.507 e. The van der Waals surface area contributed by atoms with Gasteiger partial charge in [-0.15, -0.1) is 0 Å². The zero-order chi connectivity index (χ0) is 16.6. The van der Waals surface area contributed by atoms with Crippen LogP contribution in [0.3, 0.4) is 0 Å². The third-order valence-corrected chi connectivity index (χ3v) is 5.46. The number of phenols is 1. The van der Waals surface area contributed by atoms with Gasteiger partial charge in [0.05, 0.1) is 5.56 Å². The maximum atomic E-state index is 10.7. The molecule has 126 valence electrons. The topological polar surface area (TPSA) is 29.5 Å². The Balaban J connectivity index is 2.01. The average Bonchev–Trinajstić information content (AvgIpc) is 2.46. The molecule has 0 spiro atoms. The lowest BCUT2D eigenvalue weighted by atomic mass is 9.70. The van der Waals surface area contributed by atoms with Crippen LogP contribution < -0.4 is 4.74 Å². The van der Waals surface area contributed by atoms with E-state index in [9.17, 15) is 5.11 Å². The van der Waals surface area contributed by atoms with Gasteiger partial charge in [-0.05, 0) is 68.7 Å². The van der Waals surface area contributed by atoms with Crippen LogP contribution in [0.1, 0.15) is 70.9 Å². The number of allylic oxidation sites excluding steroid dienone is 1. The number of ether oxygens (including phenoxy) is 1. The van der Waals surface area contributed by atoms with Crippen molar-refractivity contribution in [1.29, 1.82) is 0 Å². The molecule has 0 saturated heterocycles. The Kier molecular flexibility index (Phi) is 4.44. The van der Waals surface area contributed by atoms with Crippen molar-refractivity contribution in [3.8, 4) is 11.5 Å². The van der Waals surface area contributed by atoms with Gasteiger partial charge < -0.3 is 9.84 Å². The fourth-order valence-electron chi connectivity index (χ4n) is 4.18. The maximum Gasteiger partial charge on any atom is 0.131 e. The molecule has 1 aliphatic carbocycles. The molecule has 2 atom stereocenters. The number of hydrogen-bond acceptors (Lipinski definition) is 2. The second-order valence-corrected chi connectivity index (χ2v) is 7.88. The molecule has 1 aromatic rings. The van der Waals surface area contributed by atoms with E-state index in [2.05, 4.69) is 39.8 Å². The van der Waals surface area contributed by atoms with Gasteiger partial charge in [-0.1, -0.05) is 32.8 Å². The fourth-order valence-corrected chi connectivity index (χ4v) is 4.18. The summed E-state index contributed by atoms with van der Waals surface area (Å²) in [6, 6.07) is 4.11. The zero-order valence-electron chi connectivity index (χ0n) is 15.0. The summed E-state index contributed by atoms with van der Waals surface area (Å²) in [6.45, 7) is 8.85. The van der Waals surface area contributed by atoms with Gasteiger partial charge in [-0.2, -0.15) is 0 Å². The van der Waals surface area contributed by atoms with E-state index < -0.39 is 0 Å². The molecule has 1 heterocycles. The van der Waals surface area contributed by atoms with Gasteiger partial charge in [0.15, 0.2) is 0 Å². The Morgan fingerprint density at radius 3 is 2.74 bits per heavy atom. The molecule has 0 saturated carbocycles. The summed E-state index contributed by atoms with van der Waals surface area (Å²) >= 11 is 0. The van der Waals surface area contributed by atoms with E-state index in [0.29, 0.717) is 17.6 Å². The van der Waals surface area contributed by atoms with Gasteiger partial charge in [0.1, 0.15) is 17.1 Å². The van der Waals surface area contributed by atoms with E-state index in [1.54, 1.807) is 0 Å². The van der Waals surface area contributed by atoms with Gasteiger partial charge in [0.2, 0.25) is 0 Å². The van der Waals surface area contributed by atoms with Crippen LogP contribution in [0, 0.1) is 11.8 Å². The highest BCUT2D eigenvalue weighted by molar-refractivity contribution is 5.80. The third-order valence-electron chi connectivity index (χ3n) is 5.46. The van der Waals surface area contributed by atoms with Crippen LogP contribution in [0.15, 0.2) is 18.2 Å². The summed E-state index contributed by atoms with van der Waals surface area (Å²) in [5.74, 6) is 2.22. The number of aromatic hydroxyl groups is 1. The highest BCUT2D eigenvalue weighted by atomic mass is 16.5. The maximum absolute atomic E-state index is 10.7. The molecule has 0 fully saturated rings. The van der Waals surface area contributed by atoms with Gasteiger partial charge in [0, 0.05) is 5.92 Å². The predicted octanol–water partition coefficient (Wildman–Crippen LogP) is 5.73. The van der Waals surface area contributed by atoms with E-state index in [-0.39, 0.29) is 5.60 Å². The highest BCUT2D eigenvalue weighted by Gasteiger charge is 2.43. The van der Waals surface area contributed by atoms with E-state index in [1.165, 1.54) is 36.8 Å². The van der Waals surface area contributed by atoms with Crippen LogP contribution in [0.2, 0.25) is 0 Å². The van der Waals surface area contributed by atoms with E-state index in [4.69, 9.17) is 4.74 Å². The molecule has 2 aliphatic rings. The molecular formula is C21H30O2. The molecule has 0 bridgehead atoms. The first-order chi connectivity index (χ1) is 10.9. The van der Waals surface area contributed by atoms with E-state index in [1.807, 2.05) is 6.07 Å². The van der Waals surface area contributed by atoms with Crippen LogP contribution in [0.5, 0.6) is 11.5 Å². The Bertz CT molecular complexity index is 613. The van der Waals surface area contributed by atoms with Crippen molar-refractivity contribution < 1.29 is 9.84 Å². The quantitative estimate of drug-likeness (QED) is 0.720. The molecule has 0 amide bonds.